The first-order valence-electron chi connectivity index (χ1n) is 9.38. The topological polar surface area (TPSA) is 84.3 Å². The van der Waals surface area contributed by atoms with Crippen LogP contribution in [-0.4, -0.2) is 38.9 Å². The van der Waals surface area contributed by atoms with Crippen molar-refractivity contribution in [1.82, 2.24) is 14.7 Å². The quantitative estimate of drug-likeness (QED) is 0.835. The average Bonchev–Trinajstić information content (AvgIpc) is 3.05. The third-order valence-corrected chi connectivity index (χ3v) is 5.41. The number of carbonyl (C=O) groups excluding carboxylic acids is 3. The highest BCUT2D eigenvalue weighted by Gasteiger charge is 2.47. The molecular weight excluding hydrogens is 332 g/mol. The first kappa shape index (κ1) is 18.6. The van der Waals surface area contributed by atoms with E-state index in [1.165, 1.54) is 4.90 Å². The van der Waals surface area contributed by atoms with Gasteiger partial charge in [0.1, 0.15) is 5.82 Å². The molecule has 1 aromatic rings. The summed E-state index contributed by atoms with van der Waals surface area (Å²) >= 11 is 0. The summed E-state index contributed by atoms with van der Waals surface area (Å²) in [5.41, 5.74) is 0.787. The lowest BCUT2D eigenvalue weighted by molar-refractivity contribution is -0.140. The smallest absolute Gasteiger partial charge is 0.233 e. The first-order chi connectivity index (χ1) is 12.2. The van der Waals surface area contributed by atoms with E-state index in [-0.39, 0.29) is 47.9 Å². The Kier molecular flexibility index (Phi) is 4.90. The second-order valence-corrected chi connectivity index (χ2v) is 8.41. The number of nitrogens with zero attached hydrogens (tertiary/aromatic N) is 3. The van der Waals surface area contributed by atoms with Crippen LogP contribution >= 0.6 is 0 Å². The summed E-state index contributed by atoms with van der Waals surface area (Å²) in [5, 5.41) is 7.26. The lowest BCUT2D eigenvalue weighted by Crippen LogP contribution is -2.34. The molecule has 0 aromatic carbocycles. The number of aromatic nitrogens is 2. The Bertz CT molecular complexity index is 708. The summed E-state index contributed by atoms with van der Waals surface area (Å²) in [6.45, 7) is 6.33. The molecule has 1 aromatic heterocycles. The van der Waals surface area contributed by atoms with Crippen LogP contribution in [0.25, 0.3) is 0 Å². The van der Waals surface area contributed by atoms with Gasteiger partial charge in [0.15, 0.2) is 0 Å². The molecular formula is C19H28N4O3. The van der Waals surface area contributed by atoms with E-state index in [4.69, 9.17) is 0 Å². The molecule has 1 saturated carbocycles. The molecule has 1 aliphatic heterocycles. The number of amides is 3. The van der Waals surface area contributed by atoms with Crippen LogP contribution in [0.3, 0.4) is 0 Å². The molecule has 0 bridgehead atoms. The van der Waals surface area contributed by atoms with Crippen molar-refractivity contribution in [3.05, 3.63) is 11.8 Å². The van der Waals surface area contributed by atoms with Crippen molar-refractivity contribution < 1.29 is 14.4 Å². The van der Waals surface area contributed by atoms with Crippen molar-refractivity contribution in [3.8, 4) is 0 Å². The van der Waals surface area contributed by atoms with E-state index < -0.39 is 0 Å². The summed E-state index contributed by atoms with van der Waals surface area (Å²) in [6, 6.07) is 1.86. The van der Waals surface area contributed by atoms with E-state index in [1.807, 2.05) is 6.07 Å². The van der Waals surface area contributed by atoms with Crippen LogP contribution in [0.15, 0.2) is 6.07 Å². The summed E-state index contributed by atoms with van der Waals surface area (Å²) in [5.74, 6) is -0.112. The number of aryl methyl sites for hydroxylation is 1. The number of hydrogen-bond acceptors (Lipinski definition) is 4. The van der Waals surface area contributed by atoms with Crippen molar-refractivity contribution in [2.45, 2.75) is 58.3 Å². The van der Waals surface area contributed by atoms with Crippen molar-refractivity contribution in [3.63, 3.8) is 0 Å². The van der Waals surface area contributed by atoms with Crippen molar-refractivity contribution in [2.24, 2.45) is 18.9 Å². The number of fused-ring (bicyclic) bond motifs is 1. The maximum absolute atomic E-state index is 12.4. The number of anilines is 1. The van der Waals surface area contributed by atoms with Gasteiger partial charge in [0.25, 0.3) is 0 Å². The van der Waals surface area contributed by atoms with Gasteiger partial charge in [-0.25, -0.2) is 0 Å². The molecule has 1 N–H and O–H groups in total. The van der Waals surface area contributed by atoms with Gasteiger partial charge in [-0.1, -0.05) is 33.6 Å². The molecule has 2 aliphatic rings. The number of likely N-dealkylation sites (tertiary alicyclic amines) is 1. The van der Waals surface area contributed by atoms with Gasteiger partial charge >= 0.3 is 0 Å². The van der Waals surface area contributed by atoms with Crippen LogP contribution in [0.4, 0.5) is 5.82 Å². The molecule has 3 rings (SSSR count). The van der Waals surface area contributed by atoms with E-state index >= 15 is 0 Å². The highest BCUT2D eigenvalue weighted by molar-refractivity contribution is 6.05. The lowest BCUT2D eigenvalue weighted by atomic mass is 9.81. The average molecular weight is 360 g/mol. The molecule has 2 fully saturated rings. The van der Waals surface area contributed by atoms with Crippen LogP contribution in [0.2, 0.25) is 0 Å². The fourth-order valence-corrected chi connectivity index (χ4v) is 3.82. The van der Waals surface area contributed by atoms with Gasteiger partial charge in [-0.15, -0.1) is 0 Å². The minimum atomic E-state index is -0.219. The molecule has 1 aliphatic carbocycles. The van der Waals surface area contributed by atoms with Gasteiger partial charge in [0, 0.05) is 31.5 Å². The van der Waals surface area contributed by atoms with E-state index in [2.05, 4.69) is 31.2 Å². The molecule has 2 atom stereocenters. The van der Waals surface area contributed by atoms with Crippen LogP contribution in [-0.2, 0) is 26.8 Å². The Hall–Kier alpha value is -2.18. The minimum Gasteiger partial charge on any atom is -0.311 e. The highest BCUT2D eigenvalue weighted by Crippen LogP contribution is 2.38. The van der Waals surface area contributed by atoms with Crippen LogP contribution < -0.4 is 5.32 Å². The summed E-state index contributed by atoms with van der Waals surface area (Å²) in [4.78, 5) is 38.5. The molecule has 142 valence electrons. The van der Waals surface area contributed by atoms with Gasteiger partial charge in [0.05, 0.1) is 17.5 Å². The molecule has 0 radical (unpaired) electrons. The van der Waals surface area contributed by atoms with E-state index in [0.29, 0.717) is 5.82 Å². The monoisotopic (exact) mass is 360 g/mol. The SMILES string of the molecule is Cn1nc(C(C)(C)C)cc1NC(=O)CCN1C(=O)[C@H]2CCCC[C@H]2C1=O. The number of imide groups is 1. The van der Waals surface area contributed by atoms with Crippen molar-refractivity contribution in [2.75, 3.05) is 11.9 Å². The fraction of sp³-hybridized carbons (Fsp3) is 0.684. The number of nitrogens with one attached hydrogen (secondary N) is 1. The van der Waals surface area contributed by atoms with E-state index in [9.17, 15) is 14.4 Å². The van der Waals surface area contributed by atoms with Crippen molar-refractivity contribution >= 4 is 23.5 Å². The molecule has 7 nitrogen and oxygen atoms in total. The largest absolute Gasteiger partial charge is 0.311 e. The summed E-state index contributed by atoms with van der Waals surface area (Å²) in [6.07, 6.45) is 3.70. The lowest BCUT2D eigenvalue weighted by Gasteiger charge is -2.19. The molecule has 26 heavy (non-hydrogen) atoms. The number of hydrogen-bond donors (Lipinski definition) is 1. The van der Waals surface area contributed by atoms with Gasteiger partial charge in [-0.3, -0.25) is 24.0 Å². The Morgan fingerprint density at radius 3 is 2.27 bits per heavy atom. The second-order valence-electron chi connectivity index (χ2n) is 8.41. The zero-order valence-electron chi connectivity index (χ0n) is 16.0. The van der Waals surface area contributed by atoms with Crippen molar-refractivity contribution in [1.29, 1.82) is 0 Å². The van der Waals surface area contributed by atoms with Crippen LogP contribution in [0.5, 0.6) is 0 Å². The Labute approximate surface area is 154 Å². The summed E-state index contributed by atoms with van der Waals surface area (Å²) < 4.78 is 1.64. The van der Waals surface area contributed by atoms with Gasteiger partial charge < -0.3 is 5.32 Å². The Morgan fingerprint density at radius 1 is 1.19 bits per heavy atom. The molecule has 1 saturated heterocycles. The molecule has 7 heteroatoms. The first-order valence-corrected chi connectivity index (χ1v) is 9.38. The van der Waals surface area contributed by atoms with E-state index in [1.54, 1.807) is 11.7 Å². The Morgan fingerprint density at radius 2 is 1.77 bits per heavy atom. The predicted octanol–water partition coefficient (Wildman–Crippen LogP) is 2.22. The predicted molar refractivity (Wildman–Crippen MR) is 97.3 cm³/mol. The molecule has 2 heterocycles. The van der Waals surface area contributed by atoms with E-state index in [0.717, 1.165) is 31.4 Å². The van der Waals surface area contributed by atoms with Crippen LogP contribution in [0, 0.1) is 11.8 Å². The third-order valence-electron chi connectivity index (χ3n) is 5.41. The maximum Gasteiger partial charge on any atom is 0.233 e. The van der Waals surface area contributed by atoms with Gasteiger partial charge in [-0.05, 0) is 12.8 Å². The molecule has 0 spiro atoms. The van der Waals surface area contributed by atoms with Crippen LogP contribution in [0.1, 0.15) is 58.6 Å². The zero-order valence-corrected chi connectivity index (χ0v) is 16.0. The third kappa shape index (κ3) is 3.52. The fourth-order valence-electron chi connectivity index (χ4n) is 3.82. The Balaban J connectivity index is 1.59. The second kappa shape index (κ2) is 6.85. The highest BCUT2D eigenvalue weighted by atomic mass is 16.2. The van der Waals surface area contributed by atoms with Gasteiger partial charge in [-0.2, -0.15) is 5.10 Å². The van der Waals surface area contributed by atoms with Gasteiger partial charge in [0.2, 0.25) is 17.7 Å². The normalized spacial score (nSPS) is 23.3. The zero-order chi connectivity index (χ0) is 19.1. The molecule has 3 amide bonds. The molecule has 0 unspecified atom stereocenters. The number of carbonyl (C=O) groups is 3. The standard InChI is InChI=1S/C19H28N4O3/c1-19(2,3)14-11-15(22(4)21-14)20-16(24)9-10-23-17(25)12-7-5-6-8-13(12)18(23)26/h11-13H,5-10H2,1-4H3,(H,20,24)/t12-,13+. The maximum atomic E-state index is 12.4. The summed E-state index contributed by atoms with van der Waals surface area (Å²) in [7, 11) is 1.78. The minimum absolute atomic E-state index is 0.0944. The number of rotatable bonds is 4.